The minimum absolute atomic E-state index is 0.261. The molecule has 7 heteroatoms. The van der Waals surface area contributed by atoms with Gasteiger partial charge in [-0.1, -0.05) is 11.6 Å². The molecule has 0 fully saturated rings. The molecule has 0 bridgehead atoms. The first-order valence-electron chi connectivity index (χ1n) is 8.68. The van der Waals surface area contributed by atoms with E-state index in [2.05, 4.69) is 11.8 Å². The molecule has 142 valence electrons. The number of fused-ring (bicyclic) bond motifs is 2. The standard InChI is InChI=1S/C20H21ClN2O3S/c1-12(22(2)3)7-13-11-23-20-16(13)9-15(26-4)10-18(20)17-8-14(21)5-6-19(17)27(23,24)25/h5-6,8-12H,7H2,1-4H3. The third kappa shape index (κ3) is 2.74. The van der Waals surface area contributed by atoms with Crippen molar-refractivity contribution in [3.05, 3.63) is 47.1 Å². The molecule has 0 aliphatic carbocycles. The van der Waals surface area contributed by atoms with Gasteiger partial charge in [0.15, 0.2) is 0 Å². The summed E-state index contributed by atoms with van der Waals surface area (Å²) in [6, 6.07) is 8.95. The fraction of sp³-hybridized carbons (Fsp3) is 0.300. The SMILES string of the molecule is COc1cc2c3c(c1)c(CC(C)N(C)C)cn3S(=O)(=O)c1ccc(Cl)cc1-2. The lowest BCUT2D eigenvalue weighted by Gasteiger charge is -2.20. The van der Waals surface area contributed by atoms with Gasteiger partial charge in [0.1, 0.15) is 5.75 Å². The lowest BCUT2D eigenvalue weighted by molar-refractivity contribution is 0.313. The molecule has 0 saturated carbocycles. The van der Waals surface area contributed by atoms with Gasteiger partial charge in [0, 0.05) is 33.8 Å². The summed E-state index contributed by atoms with van der Waals surface area (Å²) >= 11 is 6.18. The summed E-state index contributed by atoms with van der Waals surface area (Å²) in [6.45, 7) is 2.12. The van der Waals surface area contributed by atoms with Crippen LogP contribution in [0.25, 0.3) is 22.0 Å². The second-order valence-corrected chi connectivity index (χ2v) is 9.40. The van der Waals surface area contributed by atoms with Gasteiger partial charge in [-0.05, 0) is 63.3 Å². The smallest absolute Gasteiger partial charge is 0.268 e. The number of halogens is 1. The number of benzene rings is 2. The first-order valence-corrected chi connectivity index (χ1v) is 10.5. The maximum atomic E-state index is 13.3. The summed E-state index contributed by atoms with van der Waals surface area (Å²) < 4.78 is 33.4. The Kier molecular flexibility index (Phi) is 4.25. The molecule has 0 saturated heterocycles. The predicted molar refractivity (Wildman–Crippen MR) is 108 cm³/mol. The largest absolute Gasteiger partial charge is 0.497 e. The Balaban J connectivity index is 2.09. The lowest BCUT2D eigenvalue weighted by atomic mass is 9.99. The minimum atomic E-state index is -3.68. The van der Waals surface area contributed by atoms with Gasteiger partial charge in [0.2, 0.25) is 0 Å². The zero-order chi connectivity index (χ0) is 19.5. The van der Waals surface area contributed by atoms with Crippen LogP contribution in [0.5, 0.6) is 5.75 Å². The highest BCUT2D eigenvalue weighted by Gasteiger charge is 2.32. The molecule has 3 aromatic rings. The molecule has 0 N–H and O–H groups in total. The van der Waals surface area contributed by atoms with E-state index in [4.69, 9.17) is 16.3 Å². The molecule has 27 heavy (non-hydrogen) atoms. The third-order valence-corrected chi connectivity index (χ3v) is 7.28. The second-order valence-electron chi connectivity index (χ2n) is 7.18. The number of rotatable bonds is 4. The van der Waals surface area contributed by atoms with Gasteiger partial charge in [-0.15, -0.1) is 0 Å². The molecule has 1 aliphatic heterocycles. The van der Waals surface area contributed by atoms with Gasteiger partial charge in [0.25, 0.3) is 10.0 Å². The van der Waals surface area contributed by atoms with Crippen molar-refractivity contribution in [3.8, 4) is 16.9 Å². The molecule has 1 atom stereocenters. The summed E-state index contributed by atoms with van der Waals surface area (Å²) in [6.07, 6.45) is 2.48. The van der Waals surface area contributed by atoms with Crippen molar-refractivity contribution < 1.29 is 13.2 Å². The quantitative estimate of drug-likeness (QED) is 0.515. The average Bonchev–Trinajstić information content (AvgIpc) is 2.99. The van der Waals surface area contributed by atoms with Crippen LogP contribution in [0, 0.1) is 0 Å². The van der Waals surface area contributed by atoms with Crippen LogP contribution in [0.4, 0.5) is 0 Å². The lowest BCUT2D eigenvalue weighted by Crippen LogP contribution is -2.26. The van der Waals surface area contributed by atoms with Crippen LogP contribution in [0.15, 0.2) is 41.4 Å². The third-order valence-electron chi connectivity index (χ3n) is 5.32. The normalized spacial score (nSPS) is 15.8. The van der Waals surface area contributed by atoms with E-state index in [1.165, 1.54) is 3.97 Å². The van der Waals surface area contributed by atoms with Crippen molar-refractivity contribution in [2.45, 2.75) is 24.3 Å². The van der Waals surface area contributed by atoms with Gasteiger partial charge in [0.05, 0.1) is 17.5 Å². The van der Waals surface area contributed by atoms with Crippen molar-refractivity contribution in [1.29, 1.82) is 0 Å². The fourth-order valence-electron chi connectivity index (χ4n) is 3.59. The maximum absolute atomic E-state index is 13.3. The van der Waals surface area contributed by atoms with Gasteiger partial charge >= 0.3 is 0 Å². The summed E-state index contributed by atoms with van der Waals surface area (Å²) in [5.74, 6) is 0.694. The van der Waals surface area contributed by atoms with Crippen LogP contribution < -0.4 is 4.74 Å². The van der Waals surface area contributed by atoms with Crippen LogP contribution in [-0.2, 0) is 16.4 Å². The fourth-order valence-corrected chi connectivity index (χ4v) is 5.36. The molecular weight excluding hydrogens is 384 g/mol. The molecule has 1 unspecified atom stereocenters. The summed E-state index contributed by atoms with van der Waals surface area (Å²) in [5.41, 5.74) is 3.10. The number of aromatic nitrogens is 1. The van der Waals surface area contributed by atoms with Crippen LogP contribution in [0.2, 0.25) is 5.02 Å². The maximum Gasteiger partial charge on any atom is 0.268 e. The summed E-state index contributed by atoms with van der Waals surface area (Å²) in [4.78, 5) is 2.38. The summed E-state index contributed by atoms with van der Waals surface area (Å²) in [5, 5.41) is 1.40. The Morgan fingerprint density at radius 1 is 1.19 bits per heavy atom. The Bertz CT molecular complexity index is 1170. The van der Waals surface area contributed by atoms with Gasteiger partial charge in [-0.2, -0.15) is 0 Å². The Morgan fingerprint density at radius 2 is 1.93 bits per heavy atom. The average molecular weight is 405 g/mol. The number of hydrogen-bond acceptors (Lipinski definition) is 4. The van der Waals surface area contributed by atoms with Crippen molar-refractivity contribution in [2.75, 3.05) is 21.2 Å². The van der Waals surface area contributed by atoms with Crippen LogP contribution in [-0.4, -0.2) is 44.5 Å². The predicted octanol–water partition coefficient (Wildman–Crippen LogP) is 4.01. The van der Waals surface area contributed by atoms with Crippen molar-refractivity contribution in [1.82, 2.24) is 8.87 Å². The number of ether oxygens (including phenoxy) is 1. The molecule has 1 aliphatic rings. The molecule has 0 spiro atoms. The molecule has 2 aromatic carbocycles. The number of nitrogens with zero attached hydrogens (tertiary/aromatic N) is 2. The van der Waals surface area contributed by atoms with E-state index < -0.39 is 10.0 Å². The van der Waals surface area contributed by atoms with Crippen LogP contribution in [0.1, 0.15) is 12.5 Å². The van der Waals surface area contributed by atoms with Gasteiger partial charge in [-0.3, -0.25) is 0 Å². The highest BCUT2D eigenvalue weighted by Crippen LogP contribution is 2.44. The van der Waals surface area contributed by atoms with Crippen molar-refractivity contribution in [3.63, 3.8) is 0 Å². The molecule has 1 aromatic heterocycles. The number of methoxy groups -OCH3 is 1. The Morgan fingerprint density at radius 3 is 2.59 bits per heavy atom. The topological polar surface area (TPSA) is 51.5 Å². The number of hydrogen-bond donors (Lipinski definition) is 0. The second kappa shape index (κ2) is 6.26. The van der Waals surface area contributed by atoms with E-state index >= 15 is 0 Å². The first-order chi connectivity index (χ1) is 12.7. The zero-order valence-corrected chi connectivity index (χ0v) is 17.2. The van der Waals surface area contributed by atoms with Crippen molar-refractivity contribution in [2.24, 2.45) is 0 Å². The highest BCUT2D eigenvalue weighted by atomic mass is 35.5. The molecule has 4 rings (SSSR count). The molecule has 0 radical (unpaired) electrons. The van der Waals surface area contributed by atoms with E-state index in [1.54, 1.807) is 31.5 Å². The van der Waals surface area contributed by atoms with Crippen molar-refractivity contribution >= 4 is 32.5 Å². The number of likely N-dealkylation sites (N-methyl/N-ethyl adjacent to an activating group) is 1. The molecule has 2 heterocycles. The monoisotopic (exact) mass is 404 g/mol. The van der Waals surface area contributed by atoms with Gasteiger partial charge in [-0.25, -0.2) is 12.4 Å². The van der Waals surface area contributed by atoms with Gasteiger partial charge < -0.3 is 9.64 Å². The van der Waals surface area contributed by atoms with E-state index in [-0.39, 0.29) is 10.9 Å². The first kappa shape index (κ1) is 18.3. The van der Waals surface area contributed by atoms with Crippen LogP contribution in [0.3, 0.4) is 0 Å². The highest BCUT2D eigenvalue weighted by molar-refractivity contribution is 7.90. The van der Waals surface area contributed by atoms with Crippen LogP contribution >= 0.6 is 11.6 Å². The van der Waals surface area contributed by atoms with E-state index in [0.29, 0.717) is 21.9 Å². The van der Waals surface area contributed by atoms with E-state index in [9.17, 15) is 8.42 Å². The molecule has 0 amide bonds. The minimum Gasteiger partial charge on any atom is -0.497 e. The summed E-state index contributed by atoms with van der Waals surface area (Å²) in [7, 11) is 1.97. The van der Waals surface area contributed by atoms with E-state index in [1.807, 2.05) is 26.2 Å². The molecular formula is C20H21ClN2O3S. The molecule has 5 nitrogen and oxygen atoms in total. The van der Waals surface area contributed by atoms with E-state index in [0.717, 1.165) is 22.9 Å². The Labute approximate surface area is 164 Å². The Hall–Kier alpha value is -2.02. The zero-order valence-electron chi connectivity index (χ0n) is 15.7.